The predicted octanol–water partition coefficient (Wildman–Crippen LogP) is 11.7. The van der Waals surface area contributed by atoms with E-state index in [1.165, 1.54) is 47.8 Å². The first-order valence-corrected chi connectivity index (χ1v) is 17.4. The van der Waals surface area contributed by atoms with Crippen molar-refractivity contribution in [2.24, 2.45) is 0 Å². The lowest BCUT2D eigenvalue weighted by Crippen LogP contribution is -2.07. The van der Waals surface area contributed by atoms with Gasteiger partial charge >= 0.3 is 0 Å². The van der Waals surface area contributed by atoms with Crippen LogP contribution >= 0.6 is 11.3 Å². The second-order valence-electron chi connectivity index (χ2n) is 12.5. The number of aromatic nitrogens is 3. The van der Waals surface area contributed by atoms with Crippen LogP contribution in [0.2, 0.25) is 0 Å². The molecule has 0 radical (unpaired) electrons. The highest BCUT2D eigenvalue weighted by atomic mass is 32.1. The Kier molecular flexibility index (Phi) is 7.09. The van der Waals surface area contributed by atoms with Gasteiger partial charge in [0.2, 0.25) is 0 Å². The van der Waals surface area contributed by atoms with Crippen LogP contribution in [0.25, 0.3) is 59.1 Å². The molecular formula is C43H33N3S. The van der Waals surface area contributed by atoms with Crippen LogP contribution in [0, 0.1) is 0 Å². The van der Waals surface area contributed by atoms with E-state index in [0.717, 1.165) is 66.1 Å². The van der Waals surface area contributed by atoms with Crippen molar-refractivity contribution in [3.05, 3.63) is 156 Å². The smallest absolute Gasteiger partial charge is 0.156 e. The quantitative estimate of drug-likeness (QED) is 0.192. The fourth-order valence-corrected chi connectivity index (χ4v) is 8.32. The van der Waals surface area contributed by atoms with E-state index >= 15 is 0 Å². The van der Waals surface area contributed by atoms with Crippen molar-refractivity contribution in [2.45, 2.75) is 38.0 Å². The summed E-state index contributed by atoms with van der Waals surface area (Å²) < 4.78 is 2.58. The fourth-order valence-electron chi connectivity index (χ4n) is 7.08. The number of pyridine rings is 1. The van der Waals surface area contributed by atoms with Gasteiger partial charge in [-0.3, -0.25) is 0 Å². The highest BCUT2D eigenvalue weighted by Crippen LogP contribution is 2.43. The number of thiophene rings is 1. The number of benzene rings is 3. The number of rotatable bonds is 5. The second-order valence-corrected chi connectivity index (χ2v) is 13.6. The normalized spacial score (nSPS) is 17.7. The van der Waals surface area contributed by atoms with Gasteiger partial charge < -0.3 is 0 Å². The molecule has 3 heterocycles. The van der Waals surface area contributed by atoms with Crippen molar-refractivity contribution < 1.29 is 0 Å². The van der Waals surface area contributed by atoms with Gasteiger partial charge in [0.15, 0.2) is 5.82 Å². The molecule has 0 fully saturated rings. The summed E-state index contributed by atoms with van der Waals surface area (Å²) in [6, 6.07) is 28.3. The van der Waals surface area contributed by atoms with Crippen molar-refractivity contribution in [1.29, 1.82) is 0 Å². The average molecular weight is 624 g/mol. The molecule has 4 heteroatoms. The van der Waals surface area contributed by atoms with Gasteiger partial charge in [0.1, 0.15) is 0 Å². The van der Waals surface area contributed by atoms with E-state index in [2.05, 4.69) is 134 Å². The molecule has 226 valence electrons. The van der Waals surface area contributed by atoms with E-state index in [0.29, 0.717) is 0 Å². The van der Waals surface area contributed by atoms with E-state index in [1.807, 2.05) is 11.3 Å². The summed E-state index contributed by atoms with van der Waals surface area (Å²) in [6.45, 7) is 0. The molecule has 3 aromatic heterocycles. The highest BCUT2D eigenvalue weighted by Gasteiger charge is 2.21. The molecule has 3 nitrogen and oxygen atoms in total. The summed E-state index contributed by atoms with van der Waals surface area (Å²) in [5.41, 5.74) is 10.3. The number of hydrogen-bond donors (Lipinski definition) is 0. The molecule has 0 saturated carbocycles. The molecule has 47 heavy (non-hydrogen) atoms. The van der Waals surface area contributed by atoms with Crippen LogP contribution in [0.15, 0.2) is 134 Å². The standard InChI is InChI=1S/C43H33N3S/c1-3-11-28(12-4-1)29-19-21-31(22-20-29)38-27-37(30-13-5-2-6-14-30)45-43(46-38)33-25-23-32(24-26-33)41-42-40(34-15-7-9-17-36(34)44-41)35-16-8-10-18-39(35)47-42/h2-3,5-13,15-23,25,27,30H,1,4,14,24,26H2. The maximum Gasteiger partial charge on any atom is 0.156 e. The third-order valence-corrected chi connectivity index (χ3v) is 10.7. The molecule has 0 spiro atoms. The Morgan fingerprint density at radius 2 is 1.51 bits per heavy atom. The molecule has 0 aliphatic heterocycles. The Morgan fingerprint density at radius 1 is 0.702 bits per heavy atom. The van der Waals surface area contributed by atoms with E-state index in [9.17, 15) is 0 Å². The molecule has 1 atom stereocenters. The Labute approximate surface area is 278 Å². The molecule has 6 aromatic rings. The topological polar surface area (TPSA) is 38.7 Å². The number of fused-ring (bicyclic) bond motifs is 5. The van der Waals surface area contributed by atoms with Crippen molar-refractivity contribution >= 4 is 59.1 Å². The fraction of sp³-hybridized carbons (Fsp3) is 0.140. The van der Waals surface area contributed by atoms with Crippen LogP contribution < -0.4 is 0 Å². The molecule has 0 amide bonds. The van der Waals surface area contributed by atoms with Gasteiger partial charge in [-0.2, -0.15) is 0 Å². The molecule has 0 saturated heterocycles. The molecule has 3 aromatic carbocycles. The third kappa shape index (κ3) is 5.19. The van der Waals surface area contributed by atoms with Crippen LogP contribution in [0.3, 0.4) is 0 Å². The summed E-state index contributed by atoms with van der Waals surface area (Å²) >= 11 is 1.85. The minimum atomic E-state index is 0.246. The molecule has 1 unspecified atom stereocenters. The zero-order valence-electron chi connectivity index (χ0n) is 26.1. The minimum Gasteiger partial charge on any atom is -0.247 e. The van der Waals surface area contributed by atoms with Gasteiger partial charge in [0, 0.05) is 32.3 Å². The van der Waals surface area contributed by atoms with Gasteiger partial charge in [-0.05, 0) is 72.6 Å². The van der Waals surface area contributed by atoms with Crippen molar-refractivity contribution in [1.82, 2.24) is 15.0 Å². The van der Waals surface area contributed by atoms with Crippen molar-refractivity contribution in [2.75, 3.05) is 0 Å². The number of nitrogens with zero attached hydrogens (tertiary/aromatic N) is 3. The largest absolute Gasteiger partial charge is 0.247 e. The molecule has 0 N–H and O–H groups in total. The van der Waals surface area contributed by atoms with Gasteiger partial charge in [-0.15, -0.1) is 11.3 Å². The Balaban J connectivity index is 1.12. The van der Waals surface area contributed by atoms with E-state index in [4.69, 9.17) is 15.0 Å². The Bertz CT molecular complexity index is 2380. The maximum absolute atomic E-state index is 5.25. The average Bonchev–Trinajstić information content (AvgIpc) is 3.55. The first-order chi connectivity index (χ1) is 23.3. The van der Waals surface area contributed by atoms with Crippen LogP contribution in [0.4, 0.5) is 0 Å². The Hall–Kier alpha value is -5.19. The number of allylic oxidation sites excluding steroid dienone is 12. The number of hydrogen-bond acceptors (Lipinski definition) is 4. The van der Waals surface area contributed by atoms with Crippen molar-refractivity contribution in [3.8, 4) is 11.3 Å². The molecular weight excluding hydrogens is 591 g/mol. The minimum absolute atomic E-state index is 0.246. The molecule has 3 aliphatic carbocycles. The summed E-state index contributed by atoms with van der Waals surface area (Å²) in [6.07, 6.45) is 25.0. The molecule has 9 rings (SSSR count). The van der Waals surface area contributed by atoms with Gasteiger partial charge in [-0.1, -0.05) is 115 Å². The summed E-state index contributed by atoms with van der Waals surface area (Å²) in [5.74, 6) is 1.08. The van der Waals surface area contributed by atoms with Crippen molar-refractivity contribution in [3.63, 3.8) is 0 Å². The zero-order valence-corrected chi connectivity index (χ0v) is 26.9. The van der Waals surface area contributed by atoms with E-state index in [-0.39, 0.29) is 5.92 Å². The lowest BCUT2D eigenvalue weighted by atomic mass is 9.92. The first kappa shape index (κ1) is 28.1. The second kappa shape index (κ2) is 11.9. The zero-order chi connectivity index (χ0) is 31.2. The van der Waals surface area contributed by atoms with E-state index in [1.54, 1.807) is 0 Å². The summed E-state index contributed by atoms with van der Waals surface area (Å²) in [5, 5.41) is 3.85. The molecule has 0 bridgehead atoms. The van der Waals surface area contributed by atoms with Crippen LogP contribution in [-0.2, 0) is 0 Å². The SMILES string of the molecule is C1=CCC(c2cc(-c3ccc(C4=CCCC=C4)cc3)nc(C3=CC=C(c4nc5ccccc5c5c4sc4ccccc45)CC3)n2)C=C1. The number of para-hydroxylation sites is 1. The van der Waals surface area contributed by atoms with Crippen LogP contribution in [0.5, 0.6) is 0 Å². The van der Waals surface area contributed by atoms with Gasteiger partial charge in [-0.25, -0.2) is 15.0 Å². The third-order valence-electron chi connectivity index (χ3n) is 9.57. The summed E-state index contributed by atoms with van der Waals surface area (Å²) in [7, 11) is 0. The molecule has 3 aliphatic rings. The first-order valence-electron chi connectivity index (χ1n) is 16.6. The van der Waals surface area contributed by atoms with Crippen LogP contribution in [-0.4, -0.2) is 15.0 Å². The van der Waals surface area contributed by atoms with Gasteiger partial charge in [0.05, 0.1) is 27.3 Å². The summed E-state index contributed by atoms with van der Waals surface area (Å²) in [4.78, 5) is 15.6. The highest BCUT2D eigenvalue weighted by molar-refractivity contribution is 7.26. The maximum atomic E-state index is 5.25. The van der Waals surface area contributed by atoms with Gasteiger partial charge in [0.25, 0.3) is 0 Å². The van der Waals surface area contributed by atoms with Crippen LogP contribution in [0.1, 0.15) is 60.8 Å². The lowest BCUT2D eigenvalue weighted by molar-refractivity contribution is 0.802. The Morgan fingerprint density at radius 3 is 2.32 bits per heavy atom. The monoisotopic (exact) mass is 623 g/mol. The van der Waals surface area contributed by atoms with E-state index < -0.39 is 0 Å². The lowest BCUT2D eigenvalue weighted by Gasteiger charge is -2.19. The predicted molar refractivity (Wildman–Crippen MR) is 199 cm³/mol.